The molecule has 1 aromatic carbocycles. The van der Waals surface area contributed by atoms with Crippen molar-refractivity contribution in [2.45, 2.75) is 0 Å². The van der Waals surface area contributed by atoms with E-state index in [0.717, 1.165) is 32.8 Å². The van der Waals surface area contributed by atoms with Gasteiger partial charge in [-0.05, 0) is 24.3 Å². The Morgan fingerprint density at radius 1 is 0.500 bits per heavy atom. The molecule has 0 radical (unpaired) electrons. The summed E-state index contributed by atoms with van der Waals surface area (Å²) in [6.45, 7) is 0. The summed E-state index contributed by atoms with van der Waals surface area (Å²) >= 11 is 0. The normalized spacial score (nSPS) is 11.6. The minimum Gasteiger partial charge on any atom is -0.254 e. The fraction of sp³-hybridized carbons (Fsp3) is 0. The Morgan fingerprint density at radius 2 is 1.00 bits per heavy atom. The molecule has 0 aliphatic heterocycles. The second-order valence-corrected chi connectivity index (χ2v) is 4.92. The lowest BCUT2D eigenvalue weighted by atomic mass is 10.1. The van der Waals surface area contributed by atoms with Crippen LogP contribution < -0.4 is 0 Å². The van der Waals surface area contributed by atoms with E-state index in [4.69, 9.17) is 0 Å². The van der Waals surface area contributed by atoms with Crippen LogP contribution in [0.1, 0.15) is 0 Å². The SMILES string of the molecule is c1cnc2c(c1)c1nc3nccnc3nc1c1cccnc12. The first kappa shape index (κ1) is 11.4. The molecule has 0 saturated carbocycles. The van der Waals surface area contributed by atoms with Crippen molar-refractivity contribution >= 4 is 44.1 Å². The Balaban J connectivity index is 2.17. The zero-order chi connectivity index (χ0) is 14.5. The molecule has 0 fully saturated rings. The van der Waals surface area contributed by atoms with Crippen molar-refractivity contribution in [3.05, 3.63) is 49.1 Å². The predicted molar refractivity (Wildman–Crippen MR) is 83.2 cm³/mol. The maximum absolute atomic E-state index is 4.65. The van der Waals surface area contributed by atoms with Gasteiger partial charge in [0.25, 0.3) is 0 Å². The predicted octanol–water partition coefficient (Wildman–Crippen LogP) is 2.67. The Morgan fingerprint density at radius 3 is 1.50 bits per heavy atom. The molecule has 6 heteroatoms. The van der Waals surface area contributed by atoms with Gasteiger partial charge in [-0.1, -0.05) is 0 Å². The highest BCUT2D eigenvalue weighted by atomic mass is 15.0. The number of nitrogens with zero attached hydrogens (tertiary/aromatic N) is 6. The van der Waals surface area contributed by atoms with Gasteiger partial charge in [0.2, 0.25) is 0 Å². The van der Waals surface area contributed by atoms with Gasteiger partial charge in [0, 0.05) is 35.6 Å². The Kier molecular flexibility index (Phi) is 2.13. The Hall–Kier alpha value is -3.28. The highest BCUT2D eigenvalue weighted by Crippen LogP contribution is 2.30. The van der Waals surface area contributed by atoms with Crippen LogP contribution in [-0.4, -0.2) is 29.9 Å². The van der Waals surface area contributed by atoms with E-state index in [1.165, 1.54) is 0 Å². The maximum atomic E-state index is 4.65. The van der Waals surface area contributed by atoms with Gasteiger partial charge in [-0.3, -0.25) is 9.97 Å². The third kappa shape index (κ3) is 1.43. The molecule has 0 unspecified atom stereocenters. The van der Waals surface area contributed by atoms with Crippen molar-refractivity contribution < 1.29 is 0 Å². The van der Waals surface area contributed by atoms with Gasteiger partial charge in [-0.15, -0.1) is 0 Å². The summed E-state index contributed by atoms with van der Waals surface area (Å²) in [6, 6.07) is 7.74. The zero-order valence-corrected chi connectivity index (χ0v) is 11.3. The lowest BCUT2D eigenvalue weighted by molar-refractivity contribution is 1.20. The van der Waals surface area contributed by atoms with E-state index < -0.39 is 0 Å². The van der Waals surface area contributed by atoms with Gasteiger partial charge in [0.05, 0.1) is 11.0 Å². The lowest BCUT2D eigenvalue weighted by Gasteiger charge is -2.07. The van der Waals surface area contributed by atoms with Crippen LogP contribution >= 0.6 is 0 Å². The van der Waals surface area contributed by atoms with Crippen LogP contribution in [0.15, 0.2) is 49.1 Å². The molecule has 4 heterocycles. The summed E-state index contributed by atoms with van der Waals surface area (Å²) < 4.78 is 0. The molecular weight excluding hydrogens is 276 g/mol. The molecular formula is C16H8N6. The van der Waals surface area contributed by atoms with Crippen molar-refractivity contribution in [3.63, 3.8) is 0 Å². The second kappa shape index (κ2) is 4.11. The number of rotatable bonds is 0. The van der Waals surface area contributed by atoms with Gasteiger partial charge >= 0.3 is 0 Å². The van der Waals surface area contributed by atoms with Gasteiger partial charge in [-0.2, -0.15) is 0 Å². The third-order valence-electron chi connectivity index (χ3n) is 3.67. The monoisotopic (exact) mass is 284 g/mol. The molecule has 0 bridgehead atoms. The largest absolute Gasteiger partial charge is 0.254 e. The number of fused-ring (bicyclic) bond motifs is 7. The van der Waals surface area contributed by atoms with Crippen LogP contribution in [0.3, 0.4) is 0 Å². The number of hydrogen-bond acceptors (Lipinski definition) is 6. The summed E-state index contributed by atoms with van der Waals surface area (Å²) in [4.78, 5) is 26.7. The number of hydrogen-bond donors (Lipinski definition) is 0. The van der Waals surface area contributed by atoms with E-state index in [1.807, 2.05) is 24.3 Å². The van der Waals surface area contributed by atoms with Crippen LogP contribution in [0.5, 0.6) is 0 Å². The lowest BCUT2D eigenvalue weighted by Crippen LogP contribution is -1.95. The number of aromatic nitrogens is 6. The first-order valence-electron chi connectivity index (χ1n) is 6.82. The molecule has 102 valence electrons. The molecule has 4 aromatic heterocycles. The van der Waals surface area contributed by atoms with E-state index in [0.29, 0.717) is 11.3 Å². The molecule has 22 heavy (non-hydrogen) atoms. The van der Waals surface area contributed by atoms with Crippen LogP contribution in [0.25, 0.3) is 44.1 Å². The van der Waals surface area contributed by atoms with Gasteiger partial charge in [0.15, 0.2) is 11.3 Å². The molecule has 0 spiro atoms. The van der Waals surface area contributed by atoms with Crippen LogP contribution in [-0.2, 0) is 0 Å². The fourth-order valence-corrected chi connectivity index (χ4v) is 2.74. The van der Waals surface area contributed by atoms with E-state index in [1.54, 1.807) is 24.8 Å². The highest BCUT2D eigenvalue weighted by Gasteiger charge is 2.13. The molecule has 0 aliphatic carbocycles. The average Bonchev–Trinajstić information content (AvgIpc) is 2.61. The van der Waals surface area contributed by atoms with Crippen molar-refractivity contribution in [2.75, 3.05) is 0 Å². The summed E-state index contributed by atoms with van der Waals surface area (Å²) in [7, 11) is 0. The summed E-state index contributed by atoms with van der Waals surface area (Å²) in [5, 5.41) is 1.84. The van der Waals surface area contributed by atoms with E-state index in [-0.39, 0.29) is 0 Å². The van der Waals surface area contributed by atoms with E-state index in [9.17, 15) is 0 Å². The molecule has 0 aliphatic rings. The first-order chi connectivity index (χ1) is 10.9. The quantitative estimate of drug-likeness (QED) is 0.321. The Bertz CT molecular complexity index is 1090. The molecule has 0 atom stereocenters. The summed E-state index contributed by atoms with van der Waals surface area (Å²) in [5.74, 6) is 0. The molecule has 0 amide bonds. The van der Waals surface area contributed by atoms with Gasteiger partial charge < -0.3 is 0 Å². The molecule has 0 N–H and O–H groups in total. The highest BCUT2D eigenvalue weighted by molar-refractivity contribution is 6.21. The van der Waals surface area contributed by atoms with Gasteiger partial charge in [-0.25, -0.2) is 19.9 Å². The molecule has 0 saturated heterocycles. The molecule has 5 rings (SSSR count). The molecule has 6 nitrogen and oxygen atoms in total. The topological polar surface area (TPSA) is 77.3 Å². The minimum atomic E-state index is 0.531. The number of benzene rings is 1. The van der Waals surface area contributed by atoms with Crippen LogP contribution in [0, 0.1) is 0 Å². The van der Waals surface area contributed by atoms with Crippen molar-refractivity contribution in [1.82, 2.24) is 29.9 Å². The van der Waals surface area contributed by atoms with Gasteiger partial charge in [0.1, 0.15) is 11.0 Å². The molecule has 5 aromatic rings. The minimum absolute atomic E-state index is 0.531. The fourth-order valence-electron chi connectivity index (χ4n) is 2.74. The maximum Gasteiger partial charge on any atom is 0.198 e. The second-order valence-electron chi connectivity index (χ2n) is 4.92. The van der Waals surface area contributed by atoms with E-state index >= 15 is 0 Å². The number of pyridine rings is 2. The zero-order valence-electron chi connectivity index (χ0n) is 11.3. The Labute approximate surface area is 123 Å². The first-order valence-corrected chi connectivity index (χ1v) is 6.82. The van der Waals surface area contributed by atoms with Crippen molar-refractivity contribution in [1.29, 1.82) is 0 Å². The summed E-state index contributed by atoms with van der Waals surface area (Å²) in [5.41, 5.74) is 4.26. The smallest absolute Gasteiger partial charge is 0.198 e. The summed E-state index contributed by atoms with van der Waals surface area (Å²) in [6.07, 6.45) is 6.75. The third-order valence-corrected chi connectivity index (χ3v) is 3.67. The van der Waals surface area contributed by atoms with Crippen LogP contribution in [0.4, 0.5) is 0 Å². The van der Waals surface area contributed by atoms with Crippen LogP contribution in [0.2, 0.25) is 0 Å². The average molecular weight is 284 g/mol. The van der Waals surface area contributed by atoms with E-state index in [2.05, 4.69) is 29.9 Å². The standard InChI is InChI=1S/C16H8N6/c1-3-9-11(17-5-1)12-10(4-2-6-18-12)14-13(9)21-15-16(22-14)20-8-7-19-15/h1-8H. The van der Waals surface area contributed by atoms with Crippen molar-refractivity contribution in [2.24, 2.45) is 0 Å². The van der Waals surface area contributed by atoms with Crippen molar-refractivity contribution in [3.8, 4) is 0 Å².